The first kappa shape index (κ1) is 41.0. The Morgan fingerprint density at radius 2 is 0.964 bits per heavy atom. The number of azo groups is 1. The molecule has 0 bridgehead atoms. The molecule has 0 N–H and O–H groups in total. The molecule has 5 rings (SSSR count). The Hall–Kier alpha value is -6.16. The number of rotatable bonds is 22. The summed E-state index contributed by atoms with van der Waals surface area (Å²) < 4.78 is 34.2. The SMILES string of the molecule is CCCCc1ccc(N=Nc2ccc(OCCCCCCOc3cc(C(=O)Oc4ccc(OCC)cc4)ccc3C(=O)Oc3ccc(OCC)cc3)cc2)cc1. The minimum atomic E-state index is -0.615. The monoisotopic (exact) mass is 758 g/mol. The summed E-state index contributed by atoms with van der Waals surface area (Å²) in [6.07, 6.45) is 6.85. The molecule has 5 aromatic carbocycles. The standard InChI is InChI=1S/C46H50N2O8/c1-4-7-12-34-13-16-36(17-14-34)47-48-37-18-20-40(21-19-37)53-31-10-8-9-11-32-54-44-33-35(45(49)55-41-26-22-38(23-27-41)51-5-2)15-30-43(44)46(50)56-42-28-24-39(25-29-42)52-6-3/h13-30,33H,4-12,31-32H2,1-3H3. The summed E-state index contributed by atoms with van der Waals surface area (Å²) in [6.45, 7) is 7.96. The number of carbonyl (C=O) groups excluding carboxylic acids is 2. The Kier molecular flexibility index (Phi) is 16.3. The molecular weight excluding hydrogens is 709 g/mol. The zero-order chi connectivity index (χ0) is 39.4. The van der Waals surface area contributed by atoms with E-state index < -0.39 is 11.9 Å². The molecule has 0 saturated heterocycles. The molecule has 292 valence electrons. The van der Waals surface area contributed by atoms with Crippen LogP contribution in [0.15, 0.2) is 125 Å². The molecule has 5 aromatic rings. The van der Waals surface area contributed by atoms with E-state index in [2.05, 4.69) is 29.3 Å². The second-order valence-electron chi connectivity index (χ2n) is 12.9. The molecule has 0 aliphatic carbocycles. The quantitative estimate of drug-likeness (QED) is 0.0296. The average molecular weight is 759 g/mol. The van der Waals surface area contributed by atoms with Crippen molar-refractivity contribution in [3.63, 3.8) is 0 Å². The zero-order valence-electron chi connectivity index (χ0n) is 32.4. The number of esters is 2. The van der Waals surface area contributed by atoms with Gasteiger partial charge in [-0.05, 0) is 161 Å². The molecule has 0 fully saturated rings. The summed E-state index contributed by atoms with van der Waals surface area (Å²) in [7, 11) is 0. The van der Waals surface area contributed by atoms with Gasteiger partial charge >= 0.3 is 11.9 Å². The smallest absolute Gasteiger partial charge is 0.347 e. The third-order valence-electron chi connectivity index (χ3n) is 8.57. The van der Waals surface area contributed by atoms with Crippen molar-refractivity contribution in [2.75, 3.05) is 26.4 Å². The van der Waals surface area contributed by atoms with Crippen LogP contribution in [-0.4, -0.2) is 38.4 Å². The molecule has 0 heterocycles. The van der Waals surface area contributed by atoms with Gasteiger partial charge in [0, 0.05) is 0 Å². The van der Waals surface area contributed by atoms with E-state index >= 15 is 0 Å². The molecule has 0 aliphatic rings. The maximum absolute atomic E-state index is 13.3. The van der Waals surface area contributed by atoms with Crippen molar-refractivity contribution in [1.29, 1.82) is 0 Å². The maximum Gasteiger partial charge on any atom is 0.347 e. The van der Waals surface area contributed by atoms with Crippen molar-refractivity contribution in [1.82, 2.24) is 0 Å². The molecule has 0 aliphatic heterocycles. The van der Waals surface area contributed by atoms with Crippen molar-refractivity contribution < 1.29 is 38.0 Å². The number of nitrogens with zero attached hydrogens (tertiary/aromatic N) is 2. The van der Waals surface area contributed by atoms with Crippen LogP contribution in [0.1, 0.15) is 85.6 Å². The second kappa shape index (κ2) is 22.3. The van der Waals surface area contributed by atoms with E-state index in [4.69, 9.17) is 28.4 Å². The van der Waals surface area contributed by atoms with Crippen molar-refractivity contribution in [2.24, 2.45) is 10.2 Å². The van der Waals surface area contributed by atoms with Crippen LogP contribution in [0, 0.1) is 0 Å². The van der Waals surface area contributed by atoms with Gasteiger partial charge in [-0.25, -0.2) is 9.59 Å². The Morgan fingerprint density at radius 3 is 1.52 bits per heavy atom. The predicted molar refractivity (Wildman–Crippen MR) is 217 cm³/mol. The average Bonchev–Trinajstić information content (AvgIpc) is 3.22. The number of aryl methyl sites for hydroxylation is 1. The lowest BCUT2D eigenvalue weighted by atomic mass is 10.1. The molecule has 0 aromatic heterocycles. The van der Waals surface area contributed by atoms with Crippen LogP contribution in [0.25, 0.3) is 0 Å². The number of hydrogen-bond donors (Lipinski definition) is 0. The molecular formula is C46H50N2O8. The molecule has 0 atom stereocenters. The molecule has 0 unspecified atom stereocenters. The van der Waals surface area contributed by atoms with Crippen LogP contribution < -0.4 is 28.4 Å². The molecule has 10 heteroatoms. The molecule has 56 heavy (non-hydrogen) atoms. The third kappa shape index (κ3) is 13.3. The summed E-state index contributed by atoms with van der Waals surface area (Å²) in [6, 6.07) is 33.9. The Balaban J connectivity index is 1.09. The van der Waals surface area contributed by atoms with Crippen LogP contribution >= 0.6 is 0 Å². The summed E-state index contributed by atoms with van der Waals surface area (Å²) in [5.74, 6) is 1.87. The highest BCUT2D eigenvalue weighted by Gasteiger charge is 2.19. The molecule has 0 spiro atoms. The van der Waals surface area contributed by atoms with Gasteiger partial charge in [0.1, 0.15) is 40.1 Å². The second-order valence-corrected chi connectivity index (χ2v) is 12.9. The summed E-state index contributed by atoms with van der Waals surface area (Å²) in [5.41, 5.74) is 3.32. The van der Waals surface area contributed by atoms with E-state index in [9.17, 15) is 9.59 Å². The van der Waals surface area contributed by atoms with E-state index in [0.717, 1.165) is 49.2 Å². The summed E-state index contributed by atoms with van der Waals surface area (Å²) in [4.78, 5) is 26.4. The minimum absolute atomic E-state index is 0.189. The van der Waals surface area contributed by atoms with Gasteiger partial charge in [0.25, 0.3) is 0 Å². The lowest BCUT2D eigenvalue weighted by molar-refractivity contribution is 0.0716. The van der Waals surface area contributed by atoms with Crippen molar-refractivity contribution in [2.45, 2.75) is 65.7 Å². The van der Waals surface area contributed by atoms with Crippen molar-refractivity contribution in [3.8, 4) is 34.5 Å². The number of hydrogen-bond acceptors (Lipinski definition) is 10. The maximum atomic E-state index is 13.3. The molecule has 0 saturated carbocycles. The zero-order valence-corrected chi connectivity index (χ0v) is 32.4. The predicted octanol–water partition coefficient (Wildman–Crippen LogP) is 11.7. The lowest BCUT2D eigenvalue weighted by Crippen LogP contribution is -2.14. The van der Waals surface area contributed by atoms with Crippen molar-refractivity contribution in [3.05, 3.63) is 132 Å². The van der Waals surface area contributed by atoms with Crippen LogP contribution in [0.3, 0.4) is 0 Å². The Bertz CT molecular complexity index is 1980. The van der Waals surface area contributed by atoms with Gasteiger partial charge in [-0.15, -0.1) is 0 Å². The Labute approximate surface area is 329 Å². The minimum Gasteiger partial charge on any atom is -0.494 e. The first-order valence-electron chi connectivity index (χ1n) is 19.3. The van der Waals surface area contributed by atoms with Gasteiger partial charge in [-0.1, -0.05) is 25.5 Å². The van der Waals surface area contributed by atoms with E-state index in [-0.39, 0.29) is 16.9 Å². The number of benzene rings is 5. The van der Waals surface area contributed by atoms with Gasteiger partial charge in [-0.3, -0.25) is 0 Å². The number of ether oxygens (including phenoxy) is 6. The highest BCUT2D eigenvalue weighted by molar-refractivity contribution is 5.97. The van der Waals surface area contributed by atoms with E-state index in [1.165, 1.54) is 36.6 Å². The highest BCUT2D eigenvalue weighted by atomic mass is 16.5. The lowest BCUT2D eigenvalue weighted by Gasteiger charge is -2.13. The summed E-state index contributed by atoms with van der Waals surface area (Å²) in [5, 5.41) is 8.70. The topological polar surface area (TPSA) is 114 Å². The van der Waals surface area contributed by atoms with E-state index in [1.54, 1.807) is 48.5 Å². The van der Waals surface area contributed by atoms with Gasteiger partial charge in [0.05, 0.1) is 43.4 Å². The first-order valence-corrected chi connectivity index (χ1v) is 19.3. The molecule has 10 nitrogen and oxygen atoms in total. The van der Waals surface area contributed by atoms with Gasteiger partial charge in [0.2, 0.25) is 0 Å². The third-order valence-corrected chi connectivity index (χ3v) is 8.57. The highest BCUT2D eigenvalue weighted by Crippen LogP contribution is 2.27. The first-order chi connectivity index (χ1) is 27.4. The normalized spacial score (nSPS) is 10.9. The van der Waals surface area contributed by atoms with Crippen LogP contribution in [0.2, 0.25) is 0 Å². The fourth-order valence-electron chi connectivity index (χ4n) is 5.57. The fourth-order valence-corrected chi connectivity index (χ4v) is 5.57. The van der Waals surface area contributed by atoms with E-state index in [0.29, 0.717) is 49.4 Å². The van der Waals surface area contributed by atoms with Gasteiger partial charge < -0.3 is 28.4 Å². The summed E-state index contributed by atoms with van der Waals surface area (Å²) >= 11 is 0. The fraction of sp³-hybridized carbons (Fsp3) is 0.304. The van der Waals surface area contributed by atoms with Crippen molar-refractivity contribution >= 4 is 23.3 Å². The van der Waals surface area contributed by atoms with E-state index in [1.807, 2.05) is 50.2 Å². The van der Waals surface area contributed by atoms with Gasteiger partial charge in [-0.2, -0.15) is 10.2 Å². The number of unbranched alkanes of at least 4 members (excludes halogenated alkanes) is 4. The molecule has 0 amide bonds. The van der Waals surface area contributed by atoms with Crippen LogP contribution in [0.4, 0.5) is 11.4 Å². The van der Waals surface area contributed by atoms with Crippen LogP contribution in [0.5, 0.6) is 34.5 Å². The van der Waals surface area contributed by atoms with Crippen LogP contribution in [-0.2, 0) is 6.42 Å². The van der Waals surface area contributed by atoms with Gasteiger partial charge in [0.15, 0.2) is 0 Å². The Morgan fingerprint density at radius 1 is 0.482 bits per heavy atom. The number of carbonyl (C=O) groups is 2. The molecule has 0 radical (unpaired) electrons. The largest absolute Gasteiger partial charge is 0.494 e.